The van der Waals surface area contributed by atoms with Crippen molar-refractivity contribution in [1.29, 1.82) is 0 Å². The molecule has 3 rings (SSSR count). The summed E-state index contributed by atoms with van der Waals surface area (Å²) in [6, 6.07) is 10.1. The molecule has 0 radical (unpaired) electrons. The van der Waals surface area contributed by atoms with Gasteiger partial charge in [0.2, 0.25) is 0 Å². The van der Waals surface area contributed by atoms with Gasteiger partial charge < -0.3 is 10.1 Å². The van der Waals surface area contributed by atoms with Crippen molar-refractivity contribution in [2.75, 3.05) is 11.9 Å². The quantitative estimate of drug-likeness (QED) is 0.840. The maximum Gasteiger partial charge on any atom is 0.343 e. The van der Waals surface area contributed by atoms with E-state index in [2.05, 4.69) is 15.3 Å². The lowest BCUT2D eigenvalue weighted by Crippen LogP contribution is -2.25. The minimum absolute atomic E-state index is 0.335. The summed E-state index contributed by atoms with van der Waals surface area (Å²) in [5.74, 6) is 0.812. The number of anilines is 1. The molecule has 1 saturated carbocycles. The number of hydrogen-bond acceptors (Lipinski definition) is 5. The molecular weight excluding hydrogens is 302 g/mol. The highest BCUT2D eigenvalue weighted by Crippen LogP contribution is 2.25. The summed E-state index contributed by atoms with van der Waals surface area (Å²) in [6.45, 7) is 2.13. The van der Waals surface area contributed by atoms with Crippen LogP contribution >= 0.6 is 0 Å². The lowest BCUT2D eigenvalue weighted by molar-refractivity contribution is 0.0526. The van der Waals surface area contributed by atoms with E-state index in [0.29, 0.717) is 29.9 Å². The molecule has 5 nitrogen and oxygen atoms in total. The standard InChI is InChI=1S/C19H23N3O2/c1-2-24-19(23)16-13-20-17(14-9-5-3-6-10-14)22-18(16)21-15-11-7-4-8-12-15/h3,5-6,9-10,13,15H,2,4,7-8,11-12H2,1H3,(H,20,21,22). The van der Waals surface area contributed by atoms with Crippen LogP contribution in [0.4, 0.5) is 5.82 Å². The van der Waals surface area contributed by atoms with Gasteiger partial charge in [-0.3, -0.25) is 0 Å². The molecule has 1 aromatic carbocycles. The summed E-state index contributed by atoms with van der Waals surface area (Å²) in [5.41, 5.74) is 1.33. The van der Waals surface area contributed by atoms with Gasteiger partial charge in [-0.15, -0.1) is 0 Å². The molecule has 24 heavy (non-hydrogen) atoms. The molecule has 1 aromatic heterocycles. The van der Waals surface area contributed by atoms with E-state index in [9.17, 15) is 4.79 Å². The predicted molar refractivity (Wildman–Crippen MR) is 93.9 cm³/mol. The monoisotopic (exact) mass is 325 g/mol. The fraction of sp³-hybridized carbons (Fsp3) is 0.421. The molecule has 0 unspecified atom stereocenters. The Kier molecular flexibility index (Phi) is 5.41. The molecule has 0 saturated heterocycles. The van der Waals surface area contributed by atoms with Gasteiger partial charge in [0.15, 0.2) is 5.82 Å². The van der Waals surface area contributed by atoms with E-state index < -0.39 is 0 Å². The number of aromatic nitrogens is 2. The van der Waals surface area contributed by atoms with Crippen LogP contribution in [0.15, 0.2) is 36.5 Å². The summed E-state index contributed by atoms with van der Waals surface area (Å²) in [6.07, 6.45) is 7.48. The number of rotatable bonds is 5. The number of ether oxygens (including phenoxy) is 1. The first-order valence-electron chi connectivity index (χ1n) is 8.64. The smallest absolute Gasteiger partial charge is 0.343 e. The Balaban J connectivity index is 1.92. The summed E-state index contributed by atoms with van der Waals surface area (Å²) in [4.78, 5) is 21.2. The lowest BCUT2D eigenvalue weighted by atomic mass is 9.95. The van der Waals surface area contributed by atoms with Crippen molar-refractivity contribution >= 4 is 11.8 Å². The first kappa shape index (κ1) is 16.4. The molecule has 1 N–H and O–H groups in total. The van der Waals surface area contributed by atoms with E-state index in [0.717, 1.165) is 18.4 Å². The molecule has 5 heteroatoms. The second-order valence-corrected chi connectivity index (χ2v) is 6.02. The normalized spacial score (nSPS) is 15.0. The van der Waals surface area contributed by atoms with Crippen LogP contribution in [-0.4, -0.2) is 28.6 Å². The van der Waals surface area contributed by atoms with Crippen LogP contribution < -0.4 is 5.32 Å². The van der Waals surface area contributed by atoms with Gasteiger partial charge in [0.1, 0.15) is 11.4 Å². The number of carbonyl (C=O) groups excluding carboxylic acids is 1. The zero-order valence-electron chi connectivity index (χ0n) is 14.0. The maximum absolute atomic E-state index is 12.2. The molecule has 0 atom stereocenters. The van der Waals surface area contributed by atoms with E-state index in [1.807, 2.05) is 30.3 Å². The third kappa shape index (κ3) is 3.91. The average molecular weight is 325 g/mol. The fourth-order valence-electron chi connectivity index (χ4n) is 3.02. The van der Waals surface area contributed by atoms with Crippen molar-refractivity contribution in [1.82, 2.24) is 9.97 Å². The molecule has 0 aliphatic heterocycles. The Hall–Kier alpha value is -2.43. The van der Waals surface area contributed by atoms with Crippen molar-refractivity contribution < 1.29 is 9.53 Å². The van der Waals surface area contributed by atoms with Gasteiger partial charge in [0, 0.05) is 17.8 Å². The van der Waals surface area contributed by atoms with Gasteiger partial charge >= 0.3 is 5.97 Å². The van der Waals surface area contributed by atoms with E-state index in [1.165, 1.54) is 19.3 Å². The van der Waals surface area contributed by atoms with E-state index in [-0.39, 0.29) is 5.97 Å². The van der Waals surface area contributed by atoms with Crippen molar-refractivity contribution in [2.45, 2.75) is 45.1 Å². The minimum atomic E-state index is -0.379. The number of nitrogens with zero attached hydrogens (tertiary/aromatic N) is 2. The van der Waals surface area contributed by atoms with Crippen molar-refractivity contribution in [2.24, 2.45) is 0 Å². The second-order valence-electron chi connectivity index (χ2n) is 6.02. The average Bonchev–Trinajstić information content (AvgIpc) is 2.63. The zero-order valence-corrected chi connectivity index (χ0v) is 14.0. The number of nitrogens with one attached hydrogen (secondary N) is 1. The van der Waals surface area contributed by atoms with Gasteiger partial charge in [0.25, 0.3) is 0 Å². The van der Waals surface area contributed by atoms with Crippen LogP contribution in [0.1, 0.15) is 49.4 Å². The van der Waals surface area contributed by atoms with Crippen molar-refractivity contribution in [3.63, 3.8) is 0 Å². The molecule has 1 aliphatic carbocycles. The van der Waals surface area contributed by atoms with Gasteiger partial charge in [-0.2, -0.15) is 0 Å². The third-order valence-corrected chi connectivity index (χ3v) is 4.26. The Morgan fingerprint density at radius 3 is 2.67 bits per heavy atom. The highest BCUT2D eigenvalue weighted by Gasteiger charge is 2.20. The zero-order chi connectivity index (χ0) is 16.8. The summed E-state index contributed by atoms with van der Waals surface area (Å²) in [7, 11) is 0. The Morgan fingerprint density at radius 2 is 1.96 bits per heavy atom. The Bertz CT molecular complexity index is 682. The van der Waals surface area contributed by atoms with E-state index in [1.54, 1.807) is 13.1 Å². The lowest BCUT2D eigenvalue weighted by Gasteiger charge is -2.24. The number of carbonyl (C=O) groups is 1. The largest absolute Gasteiger partial charge is 0.462 e. The first-order chi connectivity index (χ1) is 11.8. The van der Waals surface area contributed by atoms with Gasteiger partial charge in [0.05, 0.1) is 6.61 Å². The molecule has 1 aliphatic rings. The number of benzene rings is 1. The van der Waals surface area contributed by atoms with Gasteiger partial charge in [-0.25, -0.2) is 14.8 Å². The van der Waals surface area contributed by atoms with Gasteiger partial charge in [-0.1, -0.05) is 49.6 Å². The number of hydrogen-bond donors (Lipinski definition) is 1. The molecule has 0 amide bonds. The van der Waals surface area contributed by atoms with Crippen LogP contribution in [0.25, 0.3) is 11.4 Å². The summed E-state index contributed by atoms with van der Waals surface area (Å²) in [5, 5.41) is 3.45. The van der Waals surface area contributed by atoms with Crippen molar-refractivity contribution in [3.05, 3.63) is 42.1 Å². The SMILES string of the molecule is CCOC(=O)c1cnc(-c2ccccc2)nc1NC1CCCCC1. The molecule has 1 fully saturated rings. The predicted octanol–water partition coefficient (Wildman–Crippen LogP) is 4.06. The molecule has 1 heterocycles. The third-order valence-electron chi connectivity index (χ3n) is 4.26. The fourth-order valence-corrected chi connectivity index (χ4v) is 3.02. The molecule has 126 valence electrons. The maximum atomic E-state index is 12.2. The van der Waals surface area contributed by atoms with Crippen molar-refractivity contribution in [3.8, 4) is 11.4 Å². The highest BCUT2D eigenvalue weighted by atomic mass is 16.5. The Labute approximate surface area is 142 Å². The van der Waals surface area contributed by atoms with E-state index >= 15 is 0 Å². The molecule has 0 bridgehead atoms. The van der Waals surface area contributed by atoms with Gasteiger partial charge in [-0.05, 0) is 19.8 Å². The second kappa shape index (κ2) is 7.90. The highest BCUT2D eigenvalue weighted by molar-refractivity contribution is 5.94. The molecular formula is C19H23N3O2. The van der Waals surface area contributed by atoms with Crippen LogP contribution in [0.2, 0.25) is 0 Å². The van der Waals surface area contributed by atoms with Crippen LogP contribution in [0.3, 0.4) is 0 Å². The first-order valence-corrected chi connectivity index (χ1v) is 8.64. The van der Waals surface area contributed by atoms with Crippen LogP contribution in [0, 0.1) is 0 Å². The summed E-state index contributed by atoms with van der Waals surface area (Å²) < 4.78 is 5.14. The topological polar surface area (TPSA) is 64.1 Å². The van der Waals surface area contributed by atoms with E-state index in [4.69, 9.17) is 4.74 Å². The number of esters is 1. The minimum Gasteiger partial charge on any atom is -0.462 e. The molecule has 2 aromatic rings. The van der Waals surface area contributed by atoms with Crippen LogP contribution in [-0.2, 0) is 4.74 Å². The Morgan fingerprint density at radius 1 is 1.21 bits per heavy atom. The van der Waals surface area contributed by atoms with Crippen LogP contribution in [0.5, 0.6) is 0 Å². The summed E-state index contributed by atoms with van der Waals surface area (Å²) >= 11 is 0. The molecule has 0 spiro atoms.